The summed E-state index contributed by atoms with van der Waals surface area (Å²) in [6.45, 7) is 0.451. The SMILES string of the molecule is O=C(CSc1nc2c(cnn2Cc2cccc(Cl)c2)c(=O)[nH]1)NC1CCCCC1. The molecule has 9 heteroatoms. The average Bonchev–Trinajstić information content (AvgIpc) is 3.10. The average molecular weight is 432 g/mol. The molecule has 1 amide bonds. The summed E-state index contributed by atoms with van der Waals surface area (Å²) >= 11 is 7.28. The lowest BCUT2D eigenvalue weighted by molar-refractivity contribution is -0.119. The van der Waals surface area contributed by atoms with Crippen LogP contribution in [0.3, 0.4) is 0 Å². The number of fused-ring (bicyclic) bond motifs is 1. The van der Waals surface area contributed by atoms with Gasteiger partial charge in [0.15, 0.2) is 10.8 Å². The van der Waals surface area contributed by atoms with E-state index in [1.807, 2.05) is 24.3 Å². The number of H-pyrrole nitrogens is 1. The number of amides is 1. The number of halogens is 1. The van der Waals surface area contributed by atoms with E-state index in [4.69, 9.17) is 11.6 Å². The quantitative estimate of drug-likeness (QED) is 0.461. The highest BCUT2D eigenvalue weighted by atomic mass is 35.5. The van der Waals surface area contributed by atoms with Crippen LogP contribution < -0.4 is 10.9 Å². The molecule has 2 N–H and O–H groups in total. The number of carbonyl (C=O) groups excluding carboxylic acids is 1. The minimum atomic E-state index is -0.262. The van der Waals surface area contributed by atoms with Gasteiger partial charge in [0.05, 0.1) is 18.5 Å². The minimum absolute atomic E-state index is 0.0305. The van der Waals surface area contributed by atoms with Gasteiger partial charge in [0, 0.05) is 11.1 Å². The molecule has 3 aromatic rings. The second-order valence-corrected chi connectivity index (χ2v) is 8.63. The molecule has 0 aliphatic heterocycles. The Morgan fingerprint density at radius 3 is 2.93 bits per heavy atom. The van der Waals surface area contributed by atoms with Crippen LogP contribution in [0.1, 0.15) is 37.7 Å². The number of nitrogens with zero attached hydrogens (tertiary/aromatic N) is 3. The zero-order valence-corrected chi connectivity index (χ0v) is 17.4. The van der Waals surface area contributed by atoms with Gasteiger partial charge in [0.1, 0.15) is 5.39 Å². The standard InChI is InChI=1S/C20H22ClN5O2S/c21-14-6-4-5-13(9-14)11-26-18-16(10-22-26)19(28)25-20(24-18)29-12-17(27)23-15-7-2-1-3-8-15/h4-6,9-10,15H,1-3,7-8,11-12H2,(H,23,27)(H,24,25,28). The van der Waals surface area contributed by atoms with Gasteiger partial charge < -0.3 is 10.3 Å². The third-order valence-corrected chi connectivity index (χ3v) is 6.12. The van der Waals surface area contributed by atoms with E-state index in [2.05, 4.69) is 20.4 Å². The van der Waals surface area contributed by atoms with Gasteiger partial charge >= 0.3 is 0 Å². The maximum atomic E-state index is 12.4. The summed E-state index contributed by atoms with van der Waals surface area (Å²) in [5.74, 6) is 0.185. The topological polar surface area (TPSA) is 92.7 Å². The lowest BCUT2D eigenvalue weighted by Crippen LogP contribution is -2.37. The van der Waals surface area contributed by atoms with E-state index >= 15 is 0 Å². The molecule has 29 heavy (non-hydrogen) atoms. The lowest BCUT2D eigenvalue weighted by atomic mass is 9.95. The third kappa shape index (κ3) is 5.00. The third-order valence-electron chi connectivity index (χ3n) is 5.02. The summed E-state index contributed by atoms with van der Waals surface area (Å²) in [5.41, 5.74) is 1.19. The van der Waals surface area contributed by atoms with Crippen LogP contribution in [0.5, 0.6) is 0 Å². The van der Waals surface area contributed by atoms with Crippen LogP contribution in [0, 0.1) is 0 Å². The van der Waals surface area contributed by atoms with Gasteiger partial charge in [0.2, 0.25) is 5.91 Å². The summed E-state index contributed by atoms with van der Waals surface area (Å²) < 4.78 is 1.67. The van der Waals surface area contributed by atoms with Crippen molar-refractivity contribution < 1.29 is 4.79 Å². The molecule has 1 fully saturated rings. The van der Waals surface area contributed by atoms with Crippen LogP contribution in [0.2, 0.25) is 5.02 Å². The van der Waals surface area contributed by atoms with Crippen molar-refractivity contribution in [2.75, 3.05) is 5.75 Å². The second kappa shape index (κ2) is 9.00. The van der Waals surface area contributed by atoms with Gasteiger partial charge in [-0.15, -0.1) is 0 Å². The van der Waals surface area contributed by atoms with E-state index in [0.717, 1.165) is 18.4 Å². The van der Waals surface area contributed by atoms with Crippen molar-refractivity contribution in [1.82, 2.24) is 25.1 Å². The molecule has 0 atom stereocenters. The van der Waals surface area contributed by atoms with Crippen molar-refractivity contribution in [3.63, 3.8) is 0 Å². The molecule has 1 aromatic carbocycles. The molecule has 0 unspecified atom stereocenters. The first-order valence-electron chi connectivity index (χ1n) is 9.71. The zero-order valence-electron chi connectivity index (χ0n) is 15.9. The van der Waals surface area contributed by atoms with Crippen molar-refractivity contribution >= 4 is 40.3 Å². The van der Waals surface area contributed by atoms with E-state index in [9.17, 15) is 9.59 Å². The number of carbonyl (C=O) groups is 1. The van der Waals surface area contributed by atoms with Gasteiger partial charge in [-0.05, 0) is 30.5 Å². The van der Waals surface area contributed by atoms with Crippen LogP contribution in [0.15, 0.2) is 40.4 Å². The molecule has 1 aliphatic carbocycles. The number of hydrogen-bond acceptors (Lipinski definition) is 5. The first kappa shape index (κ1) is 20.0. The van der Waals surface area contributed by atoms with Gasteiger partial charge in [0.25, 0.3) is 5.56 Å². The maximum Gasteiger partial charge on any atom is 0.262 e. The first-order valence-corrected chi connectivity index (χ1v) is 11.1. The van der Waals surface area contributed by atoms with Gasteiger partial charge in [-0.25, -0.2) is 9.67 Å². The van der Waals surface area contributed by atoms with Gasteiger partial charge in [-0.3, -0.25) is 9.59 Å². The lowest BCUT2D eigenvalue weighted by Gasteiger charge is -2.22. The Labute approximate surface area is 177 Å². The highest BCUT2D eigenvalue weighted by Crippen LogP contribution is 2.19. The van der Waals surface area contributed by atoms with Gasteiger partial charge in [-0.2, -0.15) is 5.10 Å². The Hall–Kier alpha value is -2.32. The Morgan fingerprint density at radius 1 is 1.31 bits per heavy atom. The Balaban J connectivity index is 1.47. The van der Waals surface area contributed by atoms with E-state index < -0.39 is 0 Å². The van der Waals surface area contributed by atoms with E-state index in [1.54, 1.807) is 4.68 Å². The number of aromatic amines is 1. The van der Waals surface area contributed by atoms with Crippen molar-refractivity contribution in [2.24, 2.45) is 0 Å². The predicted octanol–water partition coefficient (Wildman–Crippen LogP) is 3.36. The van der Waals surface area contributed by atoms with Crippen molar-refractivity contribution in [3.05, 3.63) is 51.4 Å². The first-order chi connectivity index (χ1) is 14.1. The number of hydrogen-bond donors (Lipinski definition) is 2. The molecule has 152 valence electrons. The number of rotatable bonds is 6. The molecule has 7 nitrogen and oxygen atoms in total. The normalized spacial score (nSPS) is 14.9. The van der Waals surface area contributed by atoms with Crippen LogP contribution in [-0.4, -0.2) is 37.5 Å². The molecule has 1 saturated carbocycles. The molecule has 2 aromatic heterocycles. The van der Waals surface area contributed by atoms with Crippen molar-refractivity contribution in [1.29, 1.82) is 0 Å². The molecule has 2 heterocycles. The number of aromatic nitrogens is 4. The Bertz CT molecular complexity index is 1070. The van der Waals surface area contributed by atoms with E-state index in [1.165, 1.54) is 37.2 Å². The maximum absolute atomic E-state index is 12.4. The predicted molar refractivity (Wildman–Crippen MR) is 114 cm³/mol. The fraction of sp³-hybridized carbons (Fsp3) is 0.400. The number of benzene rings is 1. The number of nitrogens with one attached hydrogen (secondary N) is 2. The summed E-state index contributed by atoms with van der Waals surface area (Å²) in [4.78, 5) is 31.9. The van der Waals surface area contributed by atoms with Crippen molar-refractivity contribution in [3.8, 4) is 0 Å². The molecule has 4 rings (SSSR count). The highest BCUT2D eigenvalue weighted by molar-refractivity contribution is 7.99. The molecular weight excluding hydrogens is 410 g/mol. The molecule has 0 saturated heterocycles. The van der Waals surface area contributed by atoms with E-state index in [-0.39, 0.29) is 23.3 Å². The highest BCUT2D eigenvalue weighted by Gasteiger charge is 2.17. The van der Waals surface area contributed by atoms with Gasteiger partial charge in [-0.1, -0.05) is 54.8 Å². The smallest absolute Gasteiger partial charge is 0.262 e. The Kier molecular flexibility index (Phi) is 6.20. The zero-order chi connectivity index (χ0) is 20.2. The van der Waals surface area contributed by atoms with Crippen LogP contribution in [0.4, 0.5) is 0 Å². The summed E-state index contributed by atoms with van der Waals surface area (Å²) in [6.07, 6.45) is 7.17. The number of thioether (sulfide) groups is 1. The minimum Gasteiger partial charge on any atom is -0.353 e. The summed E-state index contributed by atoms with van der Waals surface area (Å²) in [7, 11) is 0. The molecule has 0 radical (unpaired) electrons. The van der Waals surface area contributed by atoms with Crippen LogP contribution in [0.25, 0.3) is 11.0 Å². The summed E-state index contributed by atoms with van der Waals surface area (Å²) in [6, 6.07) is 7.74. The second-order valence-electron chi connectivity index (χ2n) is 7.23. The molecule has 0 spiro atoms. The Morgan fingerprint density at radius 2 is 2.14 bits per heavy atom. The monoisotopic (exact) mass is 431 g/mol. The largest absolute Gasteiger partial charge is 0.353 e. The summed E-state index contributed by atoms with van der Waals surface area (Å²) in [5, 5.41) is 8.85. The van der Waals surface area contributed by atoms with Crippen LogP contribution >= 0.6 is 23.4 Å². The van der Waals surface area contributed by atoms with Crippen LogP contribution in [-0.2, 0) is 11.3 Å². The molecular formula is C20H22ClN5O2S. The molecule has 1 aliphatic rings. The fourth-order valence-electron chi connectivity index (χ4n) is 3.59. The van der Waals surface area contributed by atoms with Crippen molar-refractivity contribution in [2.45, 2.75) is 49.8 Å². The fourth-order valence-corrected chi connectivity index (χ4v) is 4.47. The molecule has 0 bridgehead atoms. The van der Waals surface area contributed by atoms with E-state index in [0.29, 0.717) is 27.8 Å².